The Labute approximate surface area is 140 Å². The van der Waals surface area contributed by atoms with Gasteiger partial charge >= 0.3 is 0 Å². The molecule has 6 heteroatoms. The zero-order chi connectivity index (χ0) is 17.1. The predicted molar refractivity (Wildman–Crippen MR) is 92.5 cm³/mol. The minimum atomic E-state index is -0.472. The fourth-order valence-electron chi connectivity index (χ4n) is 3.06. The van der Waals surface area contributed by atoms with Crippen molar-refractivity contribution in [2.24, 2.45) is 0 Å². The molecular formula is C18H22FN3O2. The number of aliphatic hydroxyl groups is 1. The topological polar surface area (TPSA) is 50.5 Å². The smallest absolute Gasteiger partial charge is 0.213 e. The number of nitrogens with zero attached hydrogens (tertiary/aromatic N) is 3. The second-order valence-electron chi connectivity index (χ2n) is 5.99. The van der Waals surface area contributed by atoms with E-state index in [0.29, 0.717) is 13.2 Å². The van der Waals surface area contributed by atoms with E-state index in [-0.39, 0.29) is 6.61 Å². The molecule has 3 aromatic rings. The van der Waals surface area contributed by atoms with E-state index in [2.05, 4.69) is 20.5 Å². The number of benzene rings is 1. The summed E-state index contributed by atoms with van der Waals surface area (Å²) in [6.45, 7) is 2.81. The Kier molecular flexibility index (Phi) is 5.08. The minimum Gasteiger partial charge on any atom is -0.395 e. The molecule has 2 aromatic heterocycles. The molecule has 0 saturated carbocycles. The molecule has 0 unspecified atom stereocenters. The summed E-state index contributed by atoms with van der Waals surface area (Å²) in [4.78, 5) is 5.88. The van der Waals surface area contributed by atoms with Crippen molar-refractivity contribution in [3.05, 3.63) is 42.0 Å². The number of halogens is 1. The van der Waals surface area contributed by atoms with Crippen molar-refractivity contribution in [3.63, 3.8) is 0 Å². The molecule has 0 fully saturated rings. The maximum atomic E-state index is 13.6. The molecule has 0 amide bonds. The van der Waals surface area contributed by atoms with Crippen molar-refractivity contribution in [1.29, 1.82) is 0 Å². The number of aliphatic hydroxyl groups excluding tert-OH is 1. The van der Waals surface area contributed by atoms with E-state index in [4.69, 9.17) is 9.84 Å². The van der Waals surface area contributed by atoms with Gasteiger partial charge in [-0.05, 0) is 18.7 Å². The molecule has 0 aliphatic heterocycles. The van der Waals surface area contributed by atoms with Gasteiger partial charge in [0.2, 0.25) is 5.95 Å². The number of hydrogen-bond donors (Lipinski definition) is 1. The van der Waals surface area contributed by atoms with Gasteiger partial charge in [-0.2, -0.15) is 4.39 Å². The molecule has 0 aliphatic carbocycles. The number of aromatic nitrogens is 2. The molecule has 0 radical (unpaired) electrons. The maximum absolute atomic E-state index is 13.6. The molecule has 5 nitrogen and oxygen atoms in total. The zero-order valence-corrected chi connectivity index (χ0v) is 14.0. The second kappa shape index (κ2) is 7.25. The van der Waals surface area contributed by atoms with Crippen LogP contribution >= 0.6 is 0 Å². The first kappa shape index (κ1) is 16.8. The molecule has 3 rings (SSSR count). The molecule has 1 N–H and O–H groups in total. The van der Waals surface area contributed by atoms with Crippen LogP contribution in [0.3, 0.4) is 0 Å². The van der Waals surface area contributed by atoms with Gasteiger partial charge in [0.05, 0.1) is 24.9 Å². The number of hydrogen-bond acceptors (Lipinski definition) is 4. The fraction of sp³-hybridized carbons (Fsp3) is 0.389. The molecule has 0 bridgehead atoms. The van der Waals surface area contributed by atoms with Gasteiger partial charge in [0.1, 0.15) is 0 Å². The Hall–Kier alpha value is -2.02. The average molecular weight is 331 g/mol. The molecule has 0 atom stereocenters. The quantitative estimate of drug-likeness (QED) is 0.676. The zero-order valence-electron chi connectivity index (χ0n) is 14.0. The normalized spacial score (nSPS) is 11.9. The number of likely N-dealkylation sites (N-methyl/N-ethyl adjacent to an activating group) is 1. The molecule has 0 saturated heterocycles. The van der Waals surface area contributed by atoms with Gasteiger partial charge in [-0.25, -0.2) is 4.98 Å². The Morgan fingerprint density at radius 3 is 2.79 bits per heavy atom. The van der Waals surface area contributed by atoms with E-state index in [9.17, 15) is 4.39 Å². The number of fused-ring (bicyclic) bond motifs is 3. The highest BCUT2D eigenvalue weighted by molar-refractivity contribution is 6.07. The summed E-state index contributed by atoms with van der Waals surface area (Å²) in [6.07, 6.45) is 1.59. The highest BCUT2D eigenvalue weighted by Crippen LogP contribution is 2.29. The van der Waals surface area contributed by atoms with Gasteiger partial charge in [-0.1, -0.05) is 12.1 Å². The highest BCUT2D eigenvalue weighted by Gasteiger charge is 2.13. The fourth-order valence-corrected chi connectivity index (χ4v) is 3.06. The lowest BCUT2D eigenvalue weighted by atomic mass is 10.1. The van der Waals surface area contributed by atoms with Gasteiger partial charge in [0.15, 0.2) is 0 Å². The first-order chi connectivity index (χ1) is 11.6. The van der Waals surface area contributed by atoms with Crippen LogP contribution in [0.25, 0.3) is 21.8 Å². The summed E-state index contributed by atoms with van der Waals surface area (Å²) in [5.41, 5.74) is 3.04. The molecular weight excluding hydrogens is 309 g/mol. The molecule has 1 aromatic carbocycles. The first-order valence-electron chi connectivity index (χ1n) is 7.98. The van der Waals surface area contributed by atoms with E-state index in [1.165, 1.54) is 6.07 Å². The first-order valence-corrected chi connectivity index (χ1v) is 7.98. The third-order valence-electron chi connectivity index (χ3n) is 4.28. The van der Waals surface area contributed by atoms with Crippen molar-refractivity contribution in [3.8, 4) is 0 Å². The lowest BCUT2D eigenvalue weighted by Crippen LogP contribution is -2.26. The predicted octanol–water partition coefficient (Wildman–Crippen LogP) is 2.40. The molecule has 2 heterocycles. The van der Waals surface area contributed by atoms with Crippen LogP contribution in [0.15, 0.2) is 30.5 Å². The summed E-state index contributed by atoms with van der Waals surface area (Å²) in [7, 11) is 3.64. The van der Waals surface area contributed by atoms with Crippen LogP contribution in [-0.2, 0) is 17.9 Å². The third kappa shape index (κ3) is 3.26. The number of ether oxygens (including phenoxy) is 1. The monoisotopic (exact) mass is 331 g/mol. The third-order valence-corrected chi connectivity index (χ3v) is 4.28. The molecule has 0 spiro atoms. The standard InChI is InChI=1S/C18H22FN3O2/c1-21(7-8-23)5-6-22-16-9-13(12-24-2)3-4-14(16)15-10-18(19)20-11-17(15)22/h3-4,9-11,23H,5-8,12H2,1-2H3. The van der Waals surface area contributed by atoms with Crippen molar-refractivity contribution < 1.29 is 14.2 Å². The van der Waals surface area contributed by atoms with Gasteiger partial charge in [-0.15, -0.1) is 0 Å². The lowest BCUT2D eigenvalue weighted by Gasteiger charge is -2.16. The van der Waals surface area contributed by atoms with Crippen LogP contribution < -0.4 is 0 Å². The summed E-state index contributed by atoms with van der Waals surface area (Å²) in [6, 6.07) is 7.59. The second-order valence-corrected chi connectivity index (χ2v) is 5.99. The summed E-state index contributed by atoms with van der Waals surface area (Å²) >= 11 is 0. The van der Waals surface area contributed by atoms with Crippen molar-refractivity contribution in [2.75, 3.05) is 33.9 Å². The Morgan fingerprint density at radius 2 is 2.04 bits per heavy atom. The summed E-state index contributed by atoms with van der Waals surface area (Å²) in [5.74, 6) is -0.472. The molecule has 0 aliphatic rings. The molecule has 128 valence electrons. The van der Waals surface area contributed by atoms with E-state index in [0.717, 1.165) is 40.5 Å². The van der Waals surface area contributed by atoms with E-state index in [1.54, 1.807) is 13.3 Å². The van der Waals surface area contributed by atoms with E-state index >= 15 is 0 Å². The van der Waals surface area contributed by atoms with Gasteiger partial charge in [0, 0.05) is 49.1 Å². The summed E-state index contributed by atoms with van der Waals surface area (Å²) in [5, 5.41) is 10.9. The minimum absolute atomic E-state index is 0.133. The van der Waals surface area contributed by atoms with Crippen LogP contribution in [0.5, 0.6) is 0 Å². The van der Waals surface area contributed by atoms with E-state index in [1.807, 2.05) is 19.2 Å². The van der Waals surface area contributed by atoms with Crippen LogP contribution in [0.2, 0.25) is 0 Å². The van der Waals surface area contributed by atoms with Gasteiger partial charge < -0.3 is 19.3 Å². The van der Waals surface area contributed by atoms with Gasteiger partial charge in [-0.3, -0.25) is 0 Å². The van der Waals surface area contributed by atoms with Gasteiger partial charge in [0.25, 0.3) is 0 Å². The SMILES string of the molecule is COCc1ccc2c3cc(F)ncc3n(CCN(C)CCO)c2c1. The highest BCUT2D eigenvalue weighted by atomic mass is 19.1. The summed E-state index contributed by atoms with van der Waals surface area (Å²) < 4.78 is 21.0. The van der Waals surface area contributed by atoms with Crippen LogP contribution in [0.1, 0.15) is 5.56 Å². The van der Waals surface area contributed by atoms with Crippen LogP contribution in [0.4, 0.5) is 4.39 Å². The average Bonchev–Trinajstić information content (AvgIpc) is 2.86. The van der Waals surface area contributed by atoms with Crippen LogP contribution in [-0.4, -0.2) is 53.4 Å². The Balaban J connectivity index is 2.09. The van der Waals surface area contributed by atoms with Crippen molar-refractivity contribution in [1.82, 2.24) is 14.5 Å². The number of rotatable bonds is 7. The van der Waals surface area contributed by atoms with E-state index < -0.39 is 5.95 Å². The van der Waals surface area contributed by atoms with Crippen molar-refractivity contribution in [2.45, 2.75) is 13.2 Å². The lowest BCUT2D eigenvalue weighted by molar-refractivity contribution is 0.185. The largest absolute Gasteiger partial charge is 0.395 e. The van der Waals surface area contributed by atoms with Crippen molar-refractivity contribution >= 4 is 21.8 Å². The number of methoxy groups -OCH3 is 1. The maximum Gasteiger partial charge on any atom is 0.213 e. The van der Waals surface area contributed by atoms with Crippen LogP contribution in [0, 0.1) is 5.95 Å². The molecule has 24 heavy (non-hydrogen) atoms. The number of pyridine rings is 1. The Morgan fingerprint density at radius 1 is 1.21 bits per heavy atom. The Bertz CT molecular complexity index is 847.